The first-order chi connectivity index (χ1) is 14.9. The molecule has 2 fully saturated rings. The van der Waals surface area contributed by atoms with Gasteiger partial charge in [-0.1, -0.05) is 0 Å². The number of rotatable bonds is 14. The SMILES string of the molecule is CC[Si](CC)(CC)[O][Zr]([O]C1CCCCC1)([O]C1CCCCC1)[O][Si](CC)(CC)CC. The Kier molecular flexibility index (Phi) is 12.7. The second-order valence-corrected chi connectivity index (χ2v) is 26.0. The van der Waals surface area contributed by atoms with Crippen molar-refractivity contribution in [3.63, 3.8) is 0 Å². The van der Waals surface area contributed by atoms with Crippen molar-refractivity contribution in [1.29, 1.82) is 0 Å². The Hall–Kier alpha value is 1.16. The van der Waals surface area contributed by atoms with Crippen LogP contribution in [-0.2, 0) is 32.7 Å². The Bertz CT molecular complexity index is 427. The summed E-state index contributed by atoms with van der Waals surface area (Å²) < 4.78 is 28.9. The first-order valence-corrected chi connectivity index (χ1v) is 22.8. The van der Waals surface area contributed by atoms with Gasteiger partial charge in [0.1, 0.15) is 0 Å². The monoisotopic (exact) mass is 550 g/mol. The van der Waals surface area contributed by atoms with E-state index in [1.807, 2.05) is 0 Å². The molecule has 0 heterocycles. The minimum absolute atomic E-state index is 0.280. The Morgan fingerprint density at radius 2 is 0.806 bits per heavy atom. The summed E-state index contributed by atoms with van der Waals surface area (Å²) in [5.74, 6) is 0. The van der Waals surface area contributed by atoms with E-state index >= 15 is 0 Å². The van der Waals surface area contributed by atoms with Crippen molar-refractivity contribution >= 4 is 16.6 Å². The van der Waals surface area contributed by atoms with Gasteiger partial charge in [0.05, 0.1) is 0 Å². The molecule has 31 heavy (non-hydrogen) atoms. The topological polar surface area (TPSA) is 36.9 Å². The van der Waals surface area contributed by atoms with Gasteiger partial charge in [-0.2, -0.15) is 0 Å². The Morgan fingerprint density at radius 1 is 0.516 bits per heavy atom. The zero-order valence-corrected chi connectivity index (χ0v) is 26.1. The molecular formula is C24H52O4Si2Zr. The van der Waals surface area contributed by atoms with Crippen LogP contribution in [0.5, 0.6) is 0 Å². The molecule has 7 heteroatoms. The molecule has 0 atom stereocenters. The van der Waals surface area contributed by atoms with E-state index in [4.69, 9.17) is 10.6 Å². The van der Waals surface area contributed by atoms with Crippen LogP contribution in [0.15, 0.2) is 0 Å². The van der Waals surface area contributed by atoms with E-state index < -0.39 is 38.7 Å². The molecular weight excluding hydrogens is 500 g/mol. The van der Waals surface area contributed by atoms with Crippen LogP contribution in [0.4, 0.5) is 0 Å². The van der Waals surface area contributed by atoms with Crippen LogP contribution < -0.4 is 0 Å². The normalized spacial score (nSPS) is 20.3. The Labute approximate surface area is 202 Å². The fourth-order valence-electron chi connectivity index (χ4n) is 5.38. The third-order valence-electron chi connectivity index (χ3n) is 8.28. The molecule has 0 bridgehead atoms. The van der Waals surface area contributed by atoms with Gasteiger partial charge in [0, 0.05) is 0 Å². The maximum absolute atomic E-state index is 7.36. The summed E-state index contributed by atoms with van der Waals surface area (Å²) in [5.41, 5.74) is 0. The minimum atomic E-state index is -4.25. The molecule has 0 saturated heterocycles. The van der Waals surface area contributed by atoms with Crippen molar-refractivity contribution in [2.45, 2.75) is 154 Å². The summed E-state index contributed by atoms with van der Waals surface area (Å²) in [6, 6.07) is 6.77. The van der Waals surface area contributed by atoms with Gasteiger partial charge in [-0.15, -0.1) is 0 Å². The Balaban J connectivity index is 2.44. The second kappa shape index (κ2) is 13.9. The molecule has 184 valence electrons. The van der Waals surface area contributed by atoms with Gasteiger partial charge in [0.25, 0.3) is 0 Å². The maximum atomic E-state index is 7.36. The summed E-state index contributed by atoms with van der Waals surface area (Å²) in [7, 11) is -3.84. The van der Waals surface area contributed by atoms with E-state index in [1.165, 1.54) is 38.5 Å². The van der Waals surface area contributed by atoms with Gasteiger partial charge in [-0.3, -0.25) is 0 Å². The Morgan fingerprint density at radius 3 is 1.06 bits per heavy atom. The first-order valence-electron chi connectivity index (χ1n) is 13.7. The number of hydrogen-bond acceptors (Lipinski definition) is 4. The zero-order chi connectivity index (χ0) is 22.8. The van der Waals surface area contributed by atoms with E-state index in [2.05, 4.69) is 41.5 Å². The predicted molar refractivity (Wildman–Crippen MR) is 132 cm³/mol. The van der Waals surface area contributed by atoms with Crippen LogP contribution >= 0.6 is 0 Å². The average molecular weight is 552 g/mol. The van der Waals surface area contributed by atoms with Crippen LogP contribution in [0, 0.1) is 0 Å². The molecule has 0 aliphatic heterocycles. The number of hydrogen-bond donors (Lipinski definition) is 0. The fraction of sp³-hybridized carbons (Fsp3) is 1.00. The van der Waals surface area contributed by atoms with Crippen LogP contribution in [0.2, 0.25) is 36.3 Å². The molecule has 4 nitrogen and oxygen atoms in total. The van der Waals surface area contributed by atoms with Crippen LogP contribution in [0.25, 0.3) is 0 Å². The predicted octanol–water partition coefficient (Wildman–Crippen LogP) is 8.54. The molecule has 0 aromatic carbocycles. The molecule has 0 unspecified atom stereocenters. The third kappa shape index (κ3) is 8.11. The first kappa shape index (κ1) is 28.4. The van der Waals surface area contributed by atoms with Gasteiger partial charge in [-0.05, 0) is 0 Å². The standard InChI is InChI=1S/2C6H15OSi.2C6H11O.Zr/c2*1-4-8(7,5-2)6-3;2*7-6-4-2-1-3-5-6;/h2*4-6H2,1-3H3;2*6H,1-5H2;/q4*-1;+4. The van der Waals surface area contributed by atoms with Crippen molar-refractivity contribution in [3.8, 4) is 0 Å². The molecule has 0 spiro atoms. The van der Waals surface area contributed by atoms with Crippen molar-refractivity contribution in [2.24, 2.45) is 0 Å². The van der Waals surface area contributed by atoms with Crippen LogP contribution in [0.1, 0.15) is 106 Å². The van der Waals surface area contributed by atoms with Gasteiger partial charge in [0.15, 0.2) is 0 Å². The van der Waals surface area contributed by atoms with Gasteiger partial charge < -0.3 is 0 Å². The van der Waals surface area contributed by atoms with Crippen molar-refractivity contribution in [2.75, 3.05) is 0 Å². The molecule has 2 aliphatic rings. The molecule has 2 rings (SSSR count). The summed E-state index contributed by atoms with van der Waals surface area (Å²) in [6.07, 6.45) is 12.9. The molecule has 0 amide bonds. The third-order valence-corrected chi connectivity index (χ3v) is 30.5. The average Bonchev–Trinajstić information content (AvgIpc) is 2.82. The fourth-order valence-corrected chi connectivity index (χ4v) is 30.5. The molecule has 0 aromatic heterocycles. The van der Waals surface area contributed by atoms with E-state index in [-0.39, 0.29) is 12.2 Å². The van der Waals surface area contributed by atoms with Crippen LogP contribution in [0.3, 0.4) is 0 Å². The molecule has 2 saturated carbocycles. The second-order valence-electron chi connectivity index (χ2n) is 9.95. The van der Waals surface area contributed by atoms with Gasteiger partial charge in [0.2, 0.25) is 0 Å². The summed E-state index contributed by atoms with van der Waals surface area (Å²) >= 11 is -4.25. The summed E-state index contributed by atoms with van der Waals surface area (Å²) in [4.78, 5) is 0. The van der Waals surface area contributed by atoms with Crippen molar-refractivity contribution < 1.29 is 32.7 Å². The van der Waals surface area contributed by atoms with E-state index in [0.717, 1.165) is 61.9 Å². The summed E-state index contributed by atoms with van der Waals surface area (Å²) in [5, 5.41) is 0. The van der Waals surface area contributed by atoms with Crippen molar-refractivity contribution in [3.05, 3.63) is 0 Å². The summed E-state index contributed by atoms with van der Waals surface area (Å²) in [6.45, 7) is 13.9. The van der Waals surface area contributed by atoms with E-state index in [0.29, 0.717) is 0 Å². The van der Waals surface area contributed by atoms with Gasteiger partial charge in [-0.25, -0.2) is 0 Å². The molecule has 0 aromatic rings. The molecule has 2 aliphatic carbocycles. The zero-order valence-electron chi connectivity index (χ0n) is 21.6. The molecule has 0 N–H and O–H groups in total. The van der Waals surface area contributed by atoms with E-state index in [1.54, 1.807) is 0 Å². The molecule has 0 radical (unpaired) electrons. The van der Waals surface area contributed by atoms with Crippen LogP contribution in [-0.4, -0.2) is 28.8 Å². The quantitative estimate of drug-likeness (QED) is 0.203. The van der Waals surface area contributed by atoms with Gasteiger partial charge >= 0.3 is 204 Å². The van der Waals surface area contributed by atoms with E-state index in [9.17, 15) is 0 Å². The van der Waals surface area contributed by atoms with Crippen molar-refractivity contribution in [1.82, 2.24) is 0 Å².